The third-order valence-corrected chi connectivity index (χ3v) is 3.65. The summed E-state index contributed by atoms with van der Waals surface area (Å²) in [6, 6.07) is 0.143. The van der Waals surface area contributed by atoms with E-state index in [1.165, 1.54) is 24.2 Å². The summed E-state index contributed by atoms with van der Waals surface area (Å²) in [6.07, 6.45) is 5.68. The molecule has 3 nitrogen and oxygen atoms in total. The van der Waals surface area contributed by atoms with Gasteiger partial charge in [0.15, 0.2) is 0 Å². The van der Waals surface area contributed by atoms with E-state index in [1.807, 2.05) is 0 Å². The predicted molar refractivity (Wildman–Crippen MR) is 69.7 cm³/mol. The van der Waals surface area contributed by atoms with Crippen LogP contribution in [0.5, 0.6) is 0 Å². The van der Waals surface area contributed by atoms with Crippen molar-refractivity contribution in [2.45, 2.75) is 52.0 Å². The second kappa shape index (κ2) is 4.53. The van der Waals surface area contributed by atoms with Gasteiger partial charge in [-0.2, -0.15) is 0 Å². The van der Waals surface area contributed by atoms with Gasteiger partial charge in [0.1, 0.15) is 5.82 Å². The summed E-state index contributed by atoms with van der Waals surface area (Å²) in [5.74, 6) is 1.06. The number of thiocarbonyl (C=S) groups is 1. The number of aromatic nitrogens is 2. The molecule has 2 N–H and O–H groups in total. The zero-order chi connectivity index (χ0) is 11.7. The van der Waals surface area contributed by atoms with Crippen LogP contribution < -0.4 is 5.73 Å². The molecule has 2 rings (SSSR count). The Hall–Kier alpha value is -0.900. The van der Waals surface area contributed by atoms with Crippen molar-refractivity contribution in [1.29, 1.82) is 0 Å². The van der Waals surface area contributed by atoms with E-state index in [0.717, 1.165) is 25.1 Å². The molecule has 0 spiro atoms. The van der Waals surface area contributed by atoms with E-state index in [1.54, 1.807) is 0 Å². The minimum atomic E-state index is 0.143. The van der Waals surface area contributed by atoms with Crippen LogP contribution in [-0.2, 0) is 12.8 Å². The van der Waals surface area contributed by atoms with Crippen molar-refractivity contribution in [3.63, 3.8) is 0 Å². The number of hydrogen-bond donors (Lipinski definition) is 1. The van der Waals surface area contributed by atoms with Crippen molar-refractivity contribution in [1.82, 2.24) is 9.55 Å². The molecule has 1 unspecified atom stereocenters. The Bertz CT molecular complexity index is 409. The highest BCUT2D eigenvalue weighted by Crippen LogP contribution is 2.26. The second-order valence-electron chi connectivity index (χ2n) is 4.46. The Kier molecular flexibility index (Phi) is 3.28. The number of nitrogens with zero attached hydrogens (tertiary/aromatic N) is 2. The standard InChI is InChI=1S/C12H19N3S/c1-3-10(12(13)16)15-8(2)14-9-6-4-5-7-11(9)15/h10H,3-7H2,1-2H3,(H2,13,16). The number of fused-ring (bicyclic) bond motifs is 1. The Morgan fingerprint density at radius 1 is 1.50 bits per heavy atom. The molecule has 88 valence electrons. The van der Waals surface area contributed by atoms with Gasteiger partial charge in [-0.05, 0) is 39.0 Å². The van der Waals surface area contributed by atoms with Crippen LogP contribution in [0.15, 0.2) is 0 Å². The molecule has 1 aliphatic carbocycles. The summed E-state index contributed by atoms with van der Waals surface area (Å²) >= 11 is 5.16. The summed E-state index contributed by atoms with van der Waals surface area (Å²) in [7, 11) is 0. The normalized spacial score (nSPS) is 16.9. The topological polar surface area (TPSA) is 43.8 Å². The molecule has 1 atom stereocenters. The van der Waals surface area contributed by atoms with Gasteiger partial charge in [-0.25, -0.2) is 4.98 Å². The molecular formula is C12H19N3S. The maximum atomic E-state index is 5.82. The maximum absolute atomic E-state index is 5.82. The Morgan fingerprint density at radius 2 is 2.19 bits per heavy atom. The highest BCUT2D eigenvalue weighted by atomic mass is 32.1. The van der Waals surface area contributed by atoms with Crippen LogP contribution in [0, 0.1) is 6.92 Å². The smallest absolute Gasteiger partial charge is 0.106 e. The SMILES string of the molecule is CCC(C(N)=S)n1c(C)nc2c1CCCC2. The van der Waals surface area contributed by atoms with Gasteiger partial charge in [0.25, 0.3) is 0 Å². The zero-order valence-electron chi connectivity index (χ0n) is 9.99. The zero-order valence-corrected chi connectivity index (χ0v) is 10.8. The molecule has 1 aliphatic rings. The highest BCUT2D eigenvalue weighted by Gasteiger charge is 2.23. The van der Waals surface area contributed by atoms with E-state index in [-0.39, 0.29) is 6.04 Å². The van der Waals surface area contributed by atoms with E-state index in [2.05, 4.69) is 23.4 Å². The van der Waals surface area contributed by atoms with Crippen molar-refractivity contribution >= 4 is 17.2 Å². The van der Waals surface area contributed by atoms with Crippen LogP contribution in [0.3, 0.4) is 0 Å². The van der Waals surface area contributed by atoms with Crippen molar-refractivity contribution in [3.05, 3.63) is 17.2 Å². The molecule has 0 fully saturated rings. The van der Waals surface area contributed by atoms with Gasteiger partial charge < -0.3 is 10.3 Å². The van der Waals surface area contributed by atoms with Gasteiger partial charge in [-0.3, -0.25) is 0 Å². The molecule has 4 heteroatoms. The average Bonchev–Trinajstić information content (AvgIpc) is 2.57. The average molecular weight is 237 g/mol. The summed E-state index contributed by atoms with van der Waals surface area (Å²) in [6.45, 7) is 4.18. The van der Waals surface area contributed by atoms with Crippen LogP contribution in [0.1, 0.15) is 49.4 Å². The van der Waals surface area contributed by atoms with Gasteiger partial charge in [0, 0.05) is 5.69 Å². The number of nitrogens with two attached hydrogens (primary N) is 1. The lowest BCUT2D eigenvalue weighted by molar-refractivity contribution is 0.554. The largest absolute Gasteiger partial charge is 0.392 e. The number of imidazole rings is 1. The van der Waals surface area contributed by atoms with Crippen molar-refractivity contribution in [2.75, 3.05) is 0 Å². The molecule has 0 radical (unpaired) electrons. The van der Waals surface area contributed by atoms with E-state index < -0.39 is 0 Å². The first-order valence-corrected chi connectivity index (χ1v) is 6.41. The van der Waals surface area contributed by atoms with Crippen LogP contribution in [0.2, 0.25) is 0 Å². The van der Waals surface area contributed by atoms with Crippen LogP contribution in [0.25, 0.3) is 0 Å². The van der Waals surface area contributed by atoms with Crippen LogP contribution >= 0.6 is 12.2 Å². The fraction of sp³-hybridized carbons (Fsp3) is 0.667. The fourth-order valence-electron chi connectivity index (χ4n) is 2.62. The van der Waals surface area contributed by atoms with Gasteiger partial charge in [0.05, 0.1) is 16.7 Å². The minimum Gasteiger partial charge on any atom is -0.392 e. The van der Waals surface area contributed by atoms with Crippen LogP contribution in [0.4, 0.5) is 0 Å². The summed E-state index contributed by atoms with van der Waals surface area (Å²) in [5.41, 5.74) is 8.45. The van der Waals surface area contributed by atoms with E-state index in [4.69, 9.17) is 18.0 Å². The Labute approximate surface area is 102 Å². The monoisotopic (exact) mass is 237 g/mol. The van der Waals surface area contributed by atoms with Crippen molar-refractivity contribution in [2.24, 2.45) is 5.73 Å². The summed E-state index contributed by atoms with van der Waals surface area (Å²) < 4.78 is 2.26. The quantitative estimate of drug-likeness (QED) is 0.820. The van der Waals surface area contributed by atoms with E-state index in [9.17, 15) is 0 Å². The van der Waals surface area contributed by atoms with Crippen molar-refractivity contribution in [3.8, 4) is 0 Å². The third-order valence-electron chi connectivity index (χ3n) is 3.37. The third kappa shape index (κ3) is 1.86. The van der Waals surface area contributed by atoms with E-state index in [0.29, 0.717) is 4.99 Å². The van der Waals surface area contributed by atoms with Crippen LogP contribution in [-0.4, -0.2) is 14.5 Å². The van der Waals surface area contributed by atoms with Gasteiger partial charge >= 0.3 is 0 Å². The number of aryl methyl sites for hydroxylation is 2. The molecule has 1 heterocycles. The van der Waals surface area contributed by atoms with Gasteiger partial charge in [-0.15, -0.1) is 0 Å². The number of rotatable bonds is 3. The first-order chi connectivity index (χ1) is 7.65. The van der Waals surface area contributed by atoms with Gasteiger partial charge in [-0.1, -0.05) is 19.1 Å². The lowest BCUT2D eigenvalue weighted by Gasteiger charge is -2.22. The highest BCUT2D eigenvalue weighted by molar-refractivity contribution is 7.80. The minimum absolute atomic E-state index is 0.143. The molecule has 0 amide bonds. The first kappa shape index (κ1) is 11.6. The van der Waals surface area contributed by atoms with Crippen molar-refractivity contribution < 1.29 is 0 Å². The summed E-state index contributed by atoms with van der Waals surface area (Å²) in [5, 5.41) is 0. The molecule has 0 saturated heterocycles. The molecular weight excluding hydrogens is 218 g/mol. The summed E-state index contributed by atoms with van der Waals surface area (Å²) in [4.78, 5) is 5.23. The maximum Gasteiger partial charge on any atom is 0.106 e. The fourth-order valence-corrected chi connectivity index (χ4v) is 2.89. The Morgan fingerprint density at radius 3 is 2.81 bits per heavy atom. The predicted octanol–water partition coefficient (Wildman–Crippen LogP) is 2.31. The Balaban J connectivity index is 2.46. The second-order valence-corrected chi connectivity index (χ2v) is 4.93. The molecule has 0 aliphatic heterocycles. The molecule has 1 aromatic heterocycles. The first-order valence-electron chi connectivity index (χ1n) is 6.01. The molecule has 16 heavy (non-hydrogen) atoms. The molecule has 0 bridgehead atoms. The number of hydrogen-bond acceptors (Lipinski definition) is 2. The molecule has 0 saturated carbocycles. The lowest BCUT2D eigenvalue weighted by atomic mass is 10.0. The lowest BCUT2D eigenvalue weighted by Crippen LogP contribution is -2.27. The van der Waals surface area contributed by atoms with E-state index >= 15 is 0 Å². The van der Waals surface area contributed by atoms with Gasteiger partial charge in [0.2, 0.25) is 0 Å². The molecule has 0 aromatic carbocycles. The molecule has 1 aromatic rings.